The van der Waals surface area contributed by atoms with Crippen LogP contribution < -0.4 is 5.32 Å². The molecule has 0 saturated heterocycles. The second kappa shape index (κ2) is 6.76. The van der Waals surface area contributed by atoms with Gasteiger partial charge in [-0.25, -0.2) is 0 Å². The van der Waals surface area contributed by atoms with Crippen molar-refractivity contribution in [3.05, 3.63) is 30.3 Å². The number of carbonyl (C=O) groups is 1. The van der Waals surface area contributed by atoms with E-state index in [9.17, 15) is 4.79 Å². The third-order valence-corrected chi connectivity index (χ3v) is 2.88. The number of nitrogens with zero attached hydrogens (tertiary/aromatic N) is 5. The Labute approximate surface area is 117 Å². The highest BCUT2D eigenvalue weighted by Gasteiger charge is 2.12. The quantitative estimate of drug-likeness (QED) is 0.803. The van der Waals surface area contributed by atoms with Crippen LogP contribution in [-0.4, -0.2) is 58.2 Å². The van der Waals surface area contributed by atoms with Gasteiger partial charge in [0.15, 0.2) is 0 Å². The minimum atomic E-state index is -0.0442. The lowest BCUT2D eigenvalue weighted by molar-refractivity contribution is -0.130. The van der Waals surface area contributed by atoms with Crippen molar-refractivity contribution in [2.24, 2.45) is 0 Å². The van der Waals surface area contributed by atoms with Crippen LogP contribution in [-0.2, 0) is 11.3 Å². The number of rotatable bonds is 6. The van der Waals surface area contributed by atoms with Crippen LogP contribution in [0.1, 0.15) is 0 Å². The van der Waals surface area contributed by atoms with Gasteiger partial charge in [-0.05, 0) is 12.3 Å². The van der Waals surface area contributed by atoms with Gasteiger partial charge in [-0.2, -0.15) is 4.80 Å². The van der Waals surface area contributed by atoms with Crippen molar-refractivity contribution in [1.29, 1.82) is 0 Å². The smallest absolute Gasteiger partial charge is 0.246 e. The zero-order valence-corrected chi connectivity index (χ0v) is 11.7. The summed E-state index contributed by atoms with van der Waals surface area (Å²) < 4.78 is 0. The predicted molar refractivity (Wildman–Crippen MR) is 74.8 cm³/mol. The summed E-state index contributed by atoms with van der Waals surface area (Å²) in [4.78, 5) is 14.9. The first-order valence-corrected chi connectivity index (χ1v) is 6.42. The molecule has 106 valence electrons. The first kappa shape index (κ1) is 14.1. The average molecular weight is 274 g/mol. The molecule has 7 nitrogen and oxygen atoms in total. The molecule has 2 rings (SSSR count). The van der Waals surface area contributed by atoms with Gasteiger partial charge >= 0.3 is 0 Å². The third kappa shape index (κ3) is 3.61. The highest BCUT2D eigenvalue weighted by molar-refractivity contribution is 5.75. The van der Waals surface area contributed by atoms with Crippen LogP contribution in [0.2, 0.25) is 0 Å². The van der Waals surface area contributed by atoms with Gasteiger partial charge in [0.1, 0.15) is 6.54 Å². The Hall–Kier alpha value is -2.28. The lowest BCUT2D eigenvalue weighted by Crippen LogP contribution is -2.35. The Kier molecular flexibility index (Phi) is 4.78. The van der Waals surface area contributed by atoms with E-state index in [2.05, 4.69) is 20.7 Å². The maximum absolute atomic E-state index is 11.9. The molecule has 1 aromatic carbocycles. The van der Waals surface area contributed by atoms with Crippen LogP contribution >= 0.6 is 0 Å². The topological polar surface area (TPSA) is 75.9 Å². The first-order chi connectivity index (χ1) is 9.70. The molecule has 2 aromatic rings. The van der Waals surface area contributed by atoms with Crippen LogP contribution in [0.15, 0.2) is 30.3 Å². The molecule has 0 unspecified atom stereocenters. The lowest BCUT2D eigenvalue weighted by Gasteiger charge is -2.15. The molecule has 0 aliphatic carbocycles. The summed E-state index contributed by atoms with van der Waals surface area (Å²) in [5.41, 5.74) is 0.884. The molecule has 0 atom stereocenters. The number of nitrogens with one attached hydrogen (secondary N) is 1. The van der Waals surface area contributed by atoms with Crippen molar-refractivity contribution >= 4 is 5.91 Å². The van der Waals surface area contributed by atoms with E-state index in [0.29, 0.717) is 12.4 Å². The average Bonchev–Trinajstić information content (AvgIpc) is 2.94. The zero-order chi connectivity index (χ0) is 14.4. The fourth-order valence-corrected chi connectivity index (χ4v) is 1.66. The summed E-state index contributed by atoms with van der Waals surface area (Å²) in [7, 11) is 3.61. The number of hydrogen-bond donors (Lipinski definition) is 1. The number of likely N-dealkylation sites (N-methyl/N-ethyl adjacent to an activating group) is 2. The molecule has 0 radical (unpaired) electrons. The molecular formula is C13H18N6O. The molecule has 0 aliphatic heterocycles. The van der Waals surface area contributed by atoms with Crippen molar-refractivity contribution in [2.45, 2.75) is 6.54 Å². The van der Waals surface area contributed by atoms with Crippen LogP contribution in [0.4, 0.5) is 0 Å². The van der Waals surface area contributed by atoms with Crippen molar-refractivity contribution in [3.8, 4) is 11.4 Å². The van der Waals surface area contributed by atoms with Gasteiger partial charge in [0, 0.05) is 25.7 Å². The van der Waals surface area contributed by atoms with Crippen molar-refractivity contribution in [2.75, 3.05) is 27.2 Å². The third-order valence-electron chi connectivity index (χ3n) is 2.88. The largest absolute Gasteiger partial charge is 0.343 e. The van der Waals surface area contributed by atoms with Crippen LogP contribution in [0.25, 0.3) is 11.4 Å². The van der Waals surface area contributed by atoms with E-state index in [-0.39, 0.29) is 12.5 Å². The monoisotopic (exact) mass is 274 g/mol. The van der Waals surface area contributed by atoms with Crippen LogP contribution in [0, 0.1) is 0 Å². The standard InChI is InChI=1S/C13H18N6O/c1-14-8-9-18(2)12(20)10-19-16-13(15-17-19)11-6-4-3-5-7-11/h3-7,14H,8-10H2,1-2H3. The Morgan fingerprint density at radius 3 is 2.80 bits per heavy atom. The van der Waals surface area contributed by atoms with E-state index >= 15 is 0 Å². The Bertz CT molecular complexity index is 553. The van der Waals surface area contributed by atoms with E-state index < -0.39 is 0 Å². The van der Waals surface area contributed by atoms with E-state index in [0.717, 1.165) is 12.1 Å². The Morgan fingerprint density at radius 2 is 2.10 bits per heavy atom. The van der Waals surface area contributed by atoms with E-state index in [1.807, 2.05) is 37.4 Å². The fourth-order valence-electron chi connectivity index (χ4n) is 1.66. The summed E-state index contributed by atoms with van der Waals surface area (Å²) in [6, 6.07) is 9.55. The number of amides is 1. The van der Waals surface area contributed by atoms with E-state index in [1.54, 1.807) is 11.9 Å². The minimum Gasteiger partial charge on any atom is -0.343 e. The lowest BCUT2D eigenvalue weighted by atomic mass is 10.2. The molecular weight excluding hydrogens is 256 g/mol. The predicted octanol–water partition coefficient (Wildman–Crippen LogP) is 0.0179. The number of benzene rings is 1. The summed E-state index contributed by atoms with van der Waals surface area (Å²) in [5, 5.41) is 15.1. The first-order valence-electron chi connectivity index (χ1n) is 6.42. The molecule has 0 spiro atoms. The molecule has 0 fully saturated rings. The van der Waals surface area contributed by atoms with Crippen LogP contribution in [0.5, 0.6) is 0 Å². The summed E-state index contributed by atoms with van der Waals surface area (Å²) in [6.45, 7) is 1.50. The SMILES string of the molecule is CNCCN(C)C(=O)Cn1nnc(-c2ccccc2)n1. The highest BCUT2D eigenvalue weighted by Crippen LogP contribution is 2.11. The normalized spacial score (nSPS) is 10.5. The van der Waals surface area contributed by atoms with Crippen molar-refractivity contribution in [3.63, 3.8) is 0 Å². The summed E-state index contributed by atoms with van der Waals surface area (Å²) >= 11 is 0. The Morgan fingerprint density at radius 1 is 1.35 bits per heavy atom. The molecule has 1 amide bonds. The number of tetrazole rings is 1. The van der Waals surface area contributed by atoms with Gasteiger partial charge in [-0.1, -0.05) is 30.3 Å². The molecule has 1 aromatic heterocycles. The zero-order valence-electron chi connectivity index (χ0n) is 11.7. The number of hydrogen-bond acceptors (Lipinski definition) is 5. The van der Waals surface area contributed by atoms with Crippen molar-refractivity contribution in [1.82, 2.24) is 30.4 Å². The highest BCUT2D eigenvalue weighted by atomic mass is 16.2. The van der Waals surface area contributed by atoms with Gasteiger partial charge in [0.2, 0.25) is 11.7 Å². The van der Waals surface area contributed by atoms with E-state index in [1.165, 1.54) is 4.80 Å². The van der Waals surface area contributed by atoms with Crippen molar-refractivity contribution < 1.29 is 4.79 Å². The second-order valence-electron chi connectivity index (χ2n) is 4.43. The summed E-state index contributed by atoms with van der Waals surface area (Å²) in [6.07, 6.45) is 0. The molecule has 1 heterocycles. The van der Waals surface area contributed by atoms with Gasteiger partial charge < -0.3 is 10.2 Å². The summed E-state index contributed by atoms with van der Waals surface area (Å²) in [5.74, 6) is 0.480. The molecule has 20 heavy (non-hydrogen) atoms. The second-order valence-corrected chi connectivity index (χ2v) is 4.43. The molecule has 0 bridgehead atoms. The fraction of sp³-hybridized carbons (Fsp3) is 0.385. The molecule has 7 heteroatoms. The molecule has 0 aliphatic rings. The van der Waals surface area contributed by atoms with Gasteiger partial charge in [-0.15, -0.1) is 10.2 Å². The van der Waals surface area contributed by atoms with Crippen LogP contribution in [0.3, 0.4) is 0 Å². The minimum absolute atomic E-state index is 0.0442. The van der Waals surface area contributed by atoms with Gasteiger partial charge in [0.25, 0.3) is 0 Å². The molecule has 1 N–H and O–H groups in total. The molecule has 0 saturated carbocycles. The Balaban J connectivity index is 1.98. The van der Waals surface area contributed by atoms with E-state index in [4.69, 9.17) is 0 Å². The maximum Gasteiger partial charge on any atom is 0.246 e. The number of aromatic nitrogens is 4. The van der Waals surface area contributed by atoms with Gasteiger partial charge in [0.05, 0.1) is 0 Å². The van der Waals surface area contributed by atoms with Gasteiger partial charge in [-0.3, -0.25) is 4.79 Å². The number of carbonyl (C=O) groups excluding carboxylic acids is 1. The maximum atomic E-state index is 11.9.